The van der Waals surface area contributed by atoms with E-state index in [0.717, 1.165) is 32.0 Å². The minimum absolute atomic E-state index is 0.0447. The zero-order valence-electron chi connectivity index (χ0n) is 13.4. The molecule has 3 N–H and O–H groups in total. The summed E-state index contributed by atoms with van der Waals surface area (Å²) in [7, 11) is 0. The highest BCUT2D eigenvalue weighted by Crippen LogP contribution is 2.47. The molecule has 0 saturated carbocycles. The predicted octanol–water partition coefficient (Wildman–Crippen LogP) is -0.376. The van der Waals surface area contributed by atoms with E-state index >= 15 is 0 Å². The number of fused-ring (bicyclic) bond motifs is 1. The zero-order chi connectivity index (χ0) is 15.7. The Balaban J connectivity index is 1.95. The van der Waals surface area contributed by atoms with Gasteiger partial charge in [-0.1, -0.05) is 6.92 Å². The van der Waals surface area contributed by atoms with Crippen LogP contribution < -0.4 is 5.32 Å². The second-order valence-electron chi connectivity index (χ2n) is 6.47. The molecule has 2 aliphatic rings. The van der Waals surface area contributed by atoms with Crippen molar-refractivity contribution in [1.82, 2.24) is 25.0 Å². The lowest BCUT2D eigenvalue weighted by atomic mass is 9.79. The van der Waals surface area contributed by atoms with Gasteiger partial charge in [0.25, 0.3) is 0 Å². The van der Waals surface area contributed by atoms with Crippen molar-refractivity contribution >= 4 is 0 Å². The summed E-state index contributed by atoms with van der Waals surface area (Å²) in [6, 6.07) is 0.0858. The Morgan fingerprint density at radius 2 is 2.14 bits per heavy atom. The maximum Gasteiger partial charge on any atom is 0.144 e. The first-order chi connectivity index (χ1) is 10.7. The van der Waals surface area contributed by atoms with Crippen LogP contribution >= 0.6 is 0 Å². The van der Waals surface area contributed by atoms with Crippen LogP contribution in [0.5, 0.6) is 0 Å². The number of aryl methyl sites for hydroxylation is 1. The van der Waals surface area contributed by atoms with Crippen molar-refractivity contribution in [2.45, 2.75) is 38.4 Å². The molecule has 0 amide bonds. The van der Waals surface area contributed by atoms with Gasteiger partial charge >= 0.3 is 0 Å². The lowest BCUT2D eigenvalue weighted by Crippen LogP contribution is -2.51. The molecular weight excluding hydrogens is 282 g/mol. The topological polar surface area (TPSA) is 86.4 Å². The van der Waals surface area contributed by atoms with Gasteiger partial charge in [0.15, 0.2) is 0 Å². The molecule has 22 heavy (non-hydrogen) atoms. The van der Waals surface area contributed by atoms with Crippen molar-refractivity contribution in [3.05, 3.63) is 12.2 Å². The van der Waals surface area contributed by atoms with Crippen molar-refractivity contribution in [2.75, 3.05) is 32.8 Å². The largest absolute Gasteiger partial charge is 0.396 e. The third-order valence-electron chi connectivity index (χ3n) is 5.53. The number of nitrogens with one attached hydrogen (secondary N) is 1. The summed E-state index contributed by atoms with van der Waals surface area (Å²) in [5.74, 6) is 1.67. The fourth-order valence-electron chi connectivity index (χ4n) is 4.33. The van der Waals surface area contributed by atoms with Gasteiger partial charge in [0.1, 0.15) is 12.2 Å². The standard InChI is InChI=1S/C15H27N5O2/c1-3-19-7-11-12(8-19)15(9-22,5-6-21)18-13(11)14-16-10-17-20(14)4-2/h10-13,18,21-22H,3-9H2,1-2H3/t11-,12+,13+,15+/m1/s1. The Morgan fingerprint density at radius 1 is 1.32 bits per heavy atom. The SMILES string of the molecule is CCN1C[C@H]2[C@@H](c3ncnn3CC)N[C@](CO)(CCO)[C@H]2C1. The quantitative estimate of drug-likeness (QED) is 0.664. The van der Waals surface area contributed by atoms with Gasteiger partial charge in [-0.3, -0.25) is 5.32 Å². The van der Waals surface area contributed by atoms with Gasteiger partial charge in [-0.05, 0) is 25.8 Å². The molecule has 124 valence electrons. The summed E-state index contributed by atoms with van der Waals surface area (Å²) in [4.78, 5) is 6.90. The molecule has 4 atom stereocenters. The fraction of sp³-hybridized carbons (Fsp3) is 0.867. The molecule has 3 rings (SSSR count). The Kier molecular flexibility index (Phi) is 4.49. The summed E-state index contributed by atoms with van der Waals surface area (Å²) < 4.78 is 1.93. The Morgan fingerprint density at radius 3 is 2.77 bits per heavy atom. The third kappa shape index (κ3) is 2.36. The molecule has 2 aliphatic heterocycles. The first-order valence-corrected chi connectivity index (χ1v) is 8.28. The third-order valence-corrected chi connectivity index (χ3v) is 5.53. The van der Waals surface area contributed by atoms with Crippen molar-refractivity contribution in [3.63, 3.8) is 0 Å². The maximum atomic E-state index is 10.1. The summed E-state index contributed by atoms with van der Waals surface area (Å²) in [5.41, 5.74) is -0.418. The molecule has 0 radical (unpaired) electrons. The Hall–Kier alpha value is -1.02. The summed E-state index contributed by atoms with van der Waals surface area (Å²) in [6.07, 6.45) is 2.17. The zero-order valence-corrected chi connectivity index (χ0v) is 13.4. The number of aliphatic hydroxyl groups is 2. The molecule has 7 nitrogen and oxygen atoms in total. The van der Waals surface area contributed by atoms with Crippen LogP contribution in [0.2, 0.25) is 0 Å². The Bertz CT molecular complexity index is 508. The number of aromatic nitrogens is 3. The first kappa shape index (κ1) is 15.9. The van der Waals surface area contributed by atoms with Crippen molar-refractivity contribution in [2.24, 2.45) is 11.8 Å². The van der Waals surface area contributed by atoms with Crippen LogP contribution in [0.25, 0.3) is 0 Å². The van der Waals surface area contributed by atoms with Crippen LogP contribution in [0.3, 0.4) is 0 Å². The van der Waals surface area contributed by atoms with Crippen molar-refractivity contribution in [1.29, 1.82) is 0 Å². The first-order valence-electron chi connectivity index (χ1n) is 8.28. The van der Waals surface area contributed by atoms with Crippen LogP contribution in [0.1, 0.15) is 32.1 Å². The molecule has 1 aromatic heterocycles. The maximum absolute atomic E-state index is 10.1. The molecule has 1 aromatic rings. The van der Waals surface area contributed by atoms with Crippen molar-refractivity contribution < 1.29 is 10.2 Å². The minimum atomic E-state index is -0.418. The van der Waals surface area contributed by atoms with Crippen LogP contribution in [0, 0.1) is 11.8 Å². The lowest BCUT2D eigenvalue weighted by molar-refractivity contribution is 0.0976. The number of nitrogens with zero attached hydrogens (tertiary/aromatic N) is 4. The van der Waals surface area contributed by atoms with Gasteiger partial charge < -0.3 is 15.1 Å². The number of rotatable bonds is 6. The second-order valence-corrected chi connectivity index (χ2v) is 6.47. The van der Waals surface area contributed by atoms with Crippen LogP contribution in [-0.2, 0) is 6.54 Å². The number of likely N-dealkylation sites (tertiary alicyclic amines) is 1. The predicted molar refractivity (Wildman–Crippen MR) is 82.2 cm³/mol. The summed E-state index contributed by atoms with van der Waals surface area (Å²) >= 11 is 0. The number of aliphatic hydroxyl groups excluding tert-OH is 2. The molecule has 7 heteroatoms. The number of hydrogen-bond donors (Lipinski definition) is 3. The molecule has 3 heterocycles. The molecule has 2 fully saturated rings. The molecule has 0 aliphatic carbocycles. The monoisotopic (exact) mass is 309 g/mol. The smallest absolute Gasteiger partial charge is 0.144 e. The van der Waals surface area contributed by atoms with E-state index < -0.39 is 5.54 Å². The van der Waals surface area contributed by atoms with E-state index in [4.69, 9.17) is 0 Å². The number of hydrogen-bond acceptors (Lipinski definition) is 6. The van der Waals surface area contributed by atoms with Gasteiger partial charge in [0.05, 0.1) is 12.6 Å². The van der Waals surface area contributed by atoms with E-state index in [1.54, 1.807) is 6.33 Å². The van der Waals surface area contributed by atoms with E-state index in [-0.39, 0.29) is 19.3 Å². The second kappa shape index (κ2) is 6.23. The van der Waals surface area contributed by atoms with Crippen LogP contribution in [0.15, 0.2) is 6.33 Å². The van der Waals surface area contributed by atoms with Crippen LogP contribution in [0.4, 0.5) is 0 Å². The highest BCUT2D eigenvalue weighted by Gasteiger charge is 2.57. The highest BCUT2D eigenvalue weighted by atomic mass is 16.3. The summed E-state index contributed by atoms with van der Waals surface area (Å²) in [5, 5.41) is 27.5. The van der Waals surface area contributed by atoms with Gasteiger partial charge in [-0.25, -0.2) is 9.67 Å². The highest BCUT2D eigenvalue weighted by molar-refractivity contribution is 5.16. The van der Waals surface area contributed by atoms with E-state index in [0.29, 0.717) is 18.3 Å². The van der Waals surface area contributed by atoms with Crippen LogP contribution in [-0.4, -0.2) is 68.3 Å². The van der Waals surface area contributed by atoms with Gasteiger partial charge in [-0.15, -0.1) is 0 Å². The molecule has 0 bridgehead atoms. The van der Waals surface area contributed by atoms with Crippen molar-refractivity contribution in [3.8, 4) is 0 Å². The molecule has 2 saturated heterocycles. The van der Waals surface area contributed by atoms with Gasteiger partial charge in [0.2, 0.25) is 0 Å². The van der Waals surface area contributed by atoms with E-state index in [1.165, 1.54) is 0 Å². The van der Waals surface area contributed by atoms with Gasteiger partial charge in [0, 0.05) is 37.7 Å². The van der Waals surface area contributed by atoms with E-state index in [9.17, 15) is 10.2 Å². The molecular formula is C15H27N5O2. The average molecular weight is 309 g/mol. The molecule has 0 unspecified atom stereocenters. The van der Waals surface area contributed by atoms with E-state index in [1.807, 2.05) is 4.68 Å². The van der Waals surface area contributed by atoms with E-state index in [2.05, 4.69) is 34.1 Å². The fourth-order valence-corrected chi connectivity index (χ4v) is 4.33. The lowest BCUT2D eigenvalue weighted by Gasteiger charge is -2.34. The minimum Gasteiger partial charge on any atom is -0.396 e. The summed E-state index contributed by atoms with van der Waals surface area (Å²) in [6.45, 7) is 8.12. The molecule has 0 aromatic carbocycles. The average Bonchev–Trinajstić information content (AvgIpc) is 3.22. The normalized spacial score (nSPS) is 35.2. The molecule has 0 spiro atoms. The Labute approximate surface area is 131 Å². The van der Waals surface area contributed by atoms with Gasteiger partial charge in [-0.2, -0.15) is 5.10 Å².